The maximum atomic E-state index is 10.5. The normalized spacial score (nSPS) is 15.9. The fourth-order valence-corrected chi connectivity index (χ4v) is 1.92. The van der Waals surface area contributed by atoms with Crippen LogP contribution in [0.1, 0.15) is 31.2 Å². The molecule has 1 aliphatic rings. The van der Waals surface area contributed by atoms with E-state index in [0.717, 1.165) is 12.0 Å². The fourth-order valence-electron chi connectivity index (χ4n) is 1.92. The molecule has 0 radical (unpaired) electrons. The molecular formula is C14H15NO2. The zero-order chi connectivity index (χ0) is 12.1. The summed E-state index contributed by atoms with van der Waals surface area (Å²) in [4.78, 5) is 10.1. The molecule has 0 unspecified atom stereocenters. The Bertz CT molecular complexity index is 458. The molecule has 1 aromatic rings. The number of allylic oxidation sites excluding steroid dienone is 3. The van der Waals surface area contributed by atoms with Crippen LogP contribution in [0.5, 0.6) is 0 Å². The molecule has 1 aromatic carbocycles. The van der Waals surface area contributed by atoms with E-state index in [9.17, 15) is 10.1 Å². The molecule has 0 aromatic heterocycles. The lowest BCUT2D eigenvalue weighted by atomic mass is 9.99. The lowest BCUT2D eigenvalue weighted by Crippen LogP contribution is -1.88. The zero-order valence-corrected chi connectivity index (χ0v) is 9.63. The summed E-state index contributed by atoms with van der Waals surface area (Å²) >= 11 is 0. The molecule has 0 bridgehead atoms. The molecular weight excluding hydrogens is 214 g/mol. The topological polar surface area (TPSA) is 43.1 Å². The van der Waals surface area contributed by atoms with Crippen LogP contribution in [0.25, 0.3) is 6.08 Å². The Morgan fingerprint density at radius 3 is 2.47 bits per heavy atom. The van der Waals surface area contributed by atoms with Crippen molar-refractivity contribution in [2.45, 2.75) is 25.7 Å². The third-order valence-electron chi connectivity index (χ3n) is 2.92. The summed E-state index contributed by atoms with van der Waals surface area (Å²) in [6, 6.07) is 6.62. The van der Waals surface area contributed by atoms with Crippen molar-refractivity contribution in [3.8, 4) is 0 Å². The summed E-state index contributed by atoms with van der Waals surface area (Å²) in [5.41, 5.74) is 2.51. The predicted molar refractivity (Wildman–Crippen MR) is 68.7 cm³/mol. The number of nitrogens with zero attached hydrogens (tertiary/aromatic N) is 1. The van der Waals surface area contributed by atoms with Crippen molar-refractivity contribution in [2.24, 2.45) is 0 Å². The third kappa shape index (κ3) is 3.28. The van der Waals surface area contributed by atoms with Gasteiger partial charge in [0, 0.05) is 12.1 Å². The Labute approximate surface area is 101 Å². The van der Waals surface area contributed by atoms with Gasteiger partial charge < -0.3 is 0 Å². The minimum absolute atomic E-state index is 0.138. The molecule has 0 saturated carbocycles. The smallest absolute Gasteiger partial charge is 0.258 e. The molecule has 3 nitrogen and oxygen atoms in total. The van der Waals surface area contributed by atoms with Crippen LogP contribution in [0.3, 0.4) is 0 Å². The molecule has 3 heteroatoms. The van der Waals surface area contributed by atoms with E-state index in [1.807, 2.05) is 6.08 Å². The van der Waals surface area contributed by atoms with Crippen LogP contribution in [-0.4, -0.2) is 4.92 Å². The Hall–Kier alpha value is -1.90. The monoisotopic (exact) mass is 229 g/mol. The summed E-state index contributed by atoms with van der Waals surface area (Å²) < 4.78 is 0. The van der Waals surface area contributed by atoms with Crippen molar-refractivity contribution in [3.63, 3.8) is 0 Å². The highest BCUT2D eigenvalue weighted by Gasteiger charge is 2.03. The van der Waals surface area contributed by atoms with E-state index in [4.69, 9.17) is 0 Å². The van der Waals surface area contributed by atoms with Crippen molar-refractivity contribution >= 4 is 11.8 Å². The molecule has 88 valence electrons. The second-order valence-electron chi connectivity index (χ2n) is 4.21. The fraction of sp³-hybridized carbons (Fsp3) is 0.286. The van der Waals surface area contributed by atoms with Gasteiger partial charge in [0.15, 0.2) is 0 Å². The van der Waals surface area contributed by atoms with Gasteiger partial charge in [-0.25, -0.2) is 0 Å². The highest BCUT2D eigenvalue weighted by molar-refractivity contribution is 5.54. The van der Waals surface area contributed by atoms with Gasteiger partial charge in [0.2, 0.25) is 0 Å². The van der Waals surface area contributed by atoms with E-state index in [1.54, 1.807) is 12.1 Å². The highest BCUT2D eigenvalue weighted by Crippen LogP contribution is 2.20. The van der Waals surface area contributed by atoms with Crippen molar-refractivity contribution in [1.29, 1.82) is 0 Å². The average Bonchev–Trinajstić information content (AvgIpc) is 2.38. The van der Waals surface area contributed by atoms with Crippen LogP contribution in [0.2, 0.25) is 0 Å². The number of non-ortho nitro benzene ring substituents is 1. The lowest BCUT2D eigenvalue weighted by Gasteiger charge is -2.07. The van der Waals surface area contributed by atoms with E-state index in [-0.39, 0.29) is 10.6 Å². The maximum absolute atomic E-state index is 10.5. The van der Waals surface area contributed by atoms with Crippen LogP contribution in [0.15, 0.2) is 42.0 Å². The first-order valence-corrected chi connectivity index (χ1v) is 5.87. The van der Waals surface area contributed by atoms with Crippen LogP contribution >= 0.6 is 0 Å². The van der Waals surface area contributed by atoms with Gasteiger partial charge >= 0.3 is 0 Å². The van der Waals surface area contributed by atoms with E-state index in [2.05, 4.69) is 12.2 Å². The van der Waals surface area contributed by atoms with E-state index in [0.29, 0.717) is 0 Å². The zero-order valence-electron chi connectivity index (χ0n) is 9.63. The van der Waals surface area contributed by atoms with Gasteiger partial charge in [-0.1, -0.05) is 23.8 Å². The molecule has 0 aliphatic heterocycles. The van der Waals surface area contributed by atoms with Crippen molar-refractivity contribution in [1.82, 2.24) is 0 Å². The number of hydrogen-bond donors (Lipinski definition) is 0. The molecule has 0 N–H and O–H groups in total. The second kappa shape index (κ2) is 5.43. The van der Waals surface area contributed by atoms with Crippen LogP contribution < -0.4 is 0 Å². The molecule has 17 heavy (non-hydrogen) atoms. The second-order valence-corrected chi connectivity index (χ2v) is 4.21. The first-order chi connectivity index (χ1) is 8.25. The number of nitro groups is 1. The number of hydrogen-bond acceptors (Lipinski definition) is 2. The lowest BCUT2D eigenvalue weighted by molar-refractivity contribution is -0.384. The molecule has 0 heterocycles. The standard InChI is InChI=1S/C14H15NO2/c16-15(17)14-10-8-13(9-11-14)7-6-12-4-2-1-3-5-12/h4,6-11H,1-3,5H2. The summed E-state index contributed by atoms with van der Waals surface area (Å²) in [6.45, 7) is 0. The Kier molecular flexibility index (Phi) is 3.70. The Balaban J connectivity index is 2.05. The van der Waals surface area contributed by atoms with E-state index < -0.39 is 0 Å². The summed E-state index contributed by atoms with van der Waals surface area (Å²) in [7, 11) is 0. The molecule has 1 aliphatic carbocycles. The molecule has 2 rings (SSSR count). The SMILES string of the molecule is O=[N+]([O-])c1ccc(C=CC2=CCCCC2)cc1. The average molecular weight is 229 g/mol. The molecule has 0 spiro atoms. The largest absolute Gasteiger partial charge is 0.269 e. The molecule has 0 amide bonds. The molecule has 0 atom stereocenters. The molecule has 0 fully saturated rings. The maximum Gasteiger partial charge on any atom is 0.269 e. The van der Waals surface area contributed by atoms with Crippen molar-refractivity contribution in [2.75, 3.05) is 0 Å². The quantitative estimate of drug-likeness (QED) is 0.578. The summed E-state index contributed by atoms with van der Waals surface area (Å²) in [5.74, 6) is 0. The van der Waals surface area contributed by atoms with Crippen LogP contribution in [0, 0.1) is 10.1 Å². The van der Waals surface area contributed by atoms with E-state index in [1.165, 1.54) is 37.0 Å². The van der Waals surface area contributed by atoms with Gasteiger partial charge in [0.25, 0.3) is 5.69 Å². The van der Waals surface area contributed by atoms with Crippen molar-refractivity contribution < 1.29 is 4.92 Å². The third-order valence-corrected chi connectivity index (χ3v) is 2.92. The van der Waals surface area contributed by atoms with Gasteiger partial charge in [0.1, 0.15) is 0 Å². The number of nitro benzene ring substituents is 1. The van der Waals surface area contributed by atoms with E-state index >= 15 is 0 Å². The van der Waals surface area contributed by atoms with Gasteiger partial charge in [-0.15, -0.1) is 0 Å². The minimum Gasteiger partial charge on any atom is -0.258 e. The molecule has 0 saturated heterocycles. The number of benzene rings is 1. The van der Waals surface area contributed by atoms with Gasteiger partial charge in [-0.2, -0.15) is 0 Å². The Morgan fingerprint density at radius 1 is 1.12 bits per heavy atom. The number of rotatable bonds is 3. The minimum atomic E-state index is -0.378. The van der Waals surface area contributed by atoms with Crippen LogP contribution in [-0.2, 0) is 0 Å². The highest BCUT2D eigenvalue weighted by atomic mass is 16.6. The van der Waals surface area contributed by atoms with Gasteiger partial charge in [-0.05, 0) is 43.4 Å². The van der Waals surface area contributed by atoms with Gasteiger partial charge in [0.05, 0.1) is 4.92 Å². The Morgan fingerprint density at radius 2 is 1.88 bits per heavy atom. The summed E-state index contributed by atoms with van der Waals surface area (Å²) in [6.07, 6.45) is 11.3. The first kappa shape index (κ1) is 11.6. The van der Waals surface area contributed by atoms with Crippen molar-refractivity contribution in [3.05, 3.63) is 57.7 Å². The predicted octanol–water partition coefficient (Wildman–Crippen LogP) is 4.11. The van der Waals surface area contributed by atoms with Gasteiger partial charge in [-0.3, -0.25) is 10.1 Å². The van der Waals surface area contributed by atoms with Crippen LogP contribution in [0.4, 0.5) is 5.69 Å². The summed E-state index contributed by atoms with van der Waals surface area (Å²) in [5, 5.41) is 10.5. The first-order valence-electron chi connectivity index (χ1n) is 5.87.